The molecule has 0 atom stereocenters. The van der Waals surface area contributed by atoms with Crippen LogP contribution in [0.4, 0.5) is 5.82 Å². The zero-order valence-electron chi connectivity index (χ0n) is 9.15. The molecule has 0 spiro atoms. The Balaban J connectivity index is 2.16. The molecule has 0 aliphatic heterocycles. The molecule has 0 amide bonds. The Bertz CT molecular complexity index is 631. The van der Waals surface area contributed by atoms with Crippen LogP contribution in [-0.2, 0) is 6.54 Å². The second-order valence-corrected chi connectivity index (χ2v) is 3.48. The number of H-pyrrole nitrogens is 2. The van der Waals surface area contributed by atoms with E-state index < -0.39 is 11.2 Å². The predicted octanol–water partition coefficient (Wildman–Crippen LogP) is -0.226. The maximum absolute atomic E-state index is 11.3. The fourth-order valence-corrected chi connectivity index (χ4v) is 1.34. The highest BCUT2D eigenvalue weighted by atomic mass is 16.2. The lowest BCUT2D eigenvalue weighted by molar-refractivity contribution is 0.876. The highest BCUT2D eigenvalue weighted by Crippen LogP contribution is 2.04. The minimum absolute atomic E-state index is 0.0645. The molecule has 0 aromatic carbocycles. The fraction of sp³-hybridized carbons (Fsp3) is 0.200. The molecule has 7 heteroatoms. The third-order valence-corrected chi connectivity index (χ3v) is 2.25. The summed E-state index contributed by atoms with van der Waals surface area (Å²) in [4.78, 5) is 28.3. The van der Waals surface area contributed by atoms with E-state index in [-0.39, 0.29) is 5.82 Å². The molecule has 2 heterocycles. The molecule has 2 rings (SSSR count). The molecule has 0 bridgehead atoms. The van der Waals surface area contributed by atoms with Gasteiger partial charge in [-0.25, -0.2) is 9.89 Å². The van der Waals surface area contributed by atoms with Crippen LogP contribution in [0.1, 0.15) is 11.3 Å². The number of aryl methyl sites for hydroxylation is 1. The van der Waals surface area contributed by atoms with E-state index in [1.54, 1.807) is 6.20 Å². The van der Waals surface area contributed by atoms with Crippen LogP contribution in [0.15, 0.2) is 27.9 Å². The second kappa shape index (κ2) is 4.60. The predicted molar refractivity (Wildman–Crippen MR) is 61.8 cm³/mol. The van der Waals surface area contributed by atoms with Crippen LogP contribution < -0.4 is 16.6 Å². The van der Waals surface area contributed by atoms with E-state index in [1.165, 1.54) is 0 Å². The number of rotatable bonds is 3. The molecule has 2 aromatic heterocycles. The summed E-state index contributed by atoms with van der Waals surface area (Å²) in [5.74, 6) is 0.0645. The zero-order chi connectivity index (χ0) is 12.3. The molecule has 0 radical (unpaired) electrons. The monoisotopic (exact) mass is 233 g/mol. The van der Waals surface area contributed by atoms with E-state index in [9.17, 15) is 9.59 Å². The fourth-order valence-electron chi connectivity index (χ4n) is 1.34. The first kappa shape index (κ1) is 11.1. The van der Waals surface area contributed by atoms with Gasteiger partial charge in [0.05, 0.1) is 12.2 Å². The normalized spacial score (nSPS) is 10.2. The molecular formula is C10H11N5O2. The van der Waals surface area contributed by atoms with Crippen LogP contribution in [0.3, 0.4) is 0 Å². The topological polar surface area (TPSA) is 104 Å². The lowest BCUT2D eigenvalue weighted by Crippen LogP contribution is -2.27. The summed E-state index contributed by atoms with van der Waals surface area (Å²) in [6.45, 7) is 2.29. The van der Waals surface area contributed by atoms with Crippen molar-refractivity contribution in [3.05, 3.63) is 50.4 Å². The SMILES string of the molecule is Cc1cccnc1CNc1n[nH]c(=O)[nH]c1=O. The zero-order valence-corrected chi connectivity index (χ0v) is 9.15. The maximum atomic E-state index is 11.3. The molecule has 17 heavy (non-hydrogen) atoms. The Morgan fingerprint density at radius 1 is 1.41 bits per heavy atom. The minimum Gasteiger partial charge on any atom is -0.358 e. The van der Waals surface area contributed by atoms with Crippen LogP contribution in [0, 0.1) is 6.92 Å². The summed E-state index contributed by atoms with van der Waals surface area (Å²) in [5.41, 5.74) is 0.651. The third-order valence-electron chi connectivity index (χ3n) is 2.25. The Morgan fingerprint density at radius 2 is 2.24 bits per heavy atom. The third kappa shape index (κ3) is 2.57. The van der Waals surface area contributed by atoms with E-state index in [2.05, 4.69) is 25.5 Å². The molecule has 0 aliphatic rings. The smallest absolute Gasteiger partial charge is 0.342 e. The highest BCUT2D eigenvalue weighted by Gasteiger charge is 2.03. The van der Waals surface area contributed by atoms with Crippen molar-refractivity contribution in [2.24, 2.45) is 0 Å². The average molecular weight is 233 g/mol. The van der Waals surface area contributed by atoms with Crippen molar-refractivity contribution in [2.45, 2.75) is 13.5 Å². The van der Waals surface area contributed by atoms with Crippen LogP contribution in [0.25, 0.3) is 0 Å². The summed E-state index contributed by atoms with van der Waals surface area (Å²) in [6.07, 6.45) is 1.68. The first-order valence-corrected chi connectivity index (χ1v) is 5.00. The molecule has 2 aromatic rings. The molecule has 7 nitrogen and oxygen atoms in total. The number of nitrogens with one attached hydrogen (secondary N) is 3. The van der Waals surface area contributed by atoms with Crippen LogP contribution in [0.5, 0.6) is 0 Å². The largest absolute Gasteiger partial charge is 0.358 e. The van der Waals surface area contributed by atoms with Gasteiger partial charge in [-0.2, -0.15) is 0 Å². The number of aromatic amines is 2. The van der Waals surface area contributed by atoms with Gasteiger partial charge in [-0.1, -0.05) is 6.07 Å². The summed E-state index contributed by atoms with van der Waals surface area (Å²) in [7, 11) is 0. The molecule has 0 saturated carbocycles. The molecule has 0 saturated heterocycles. The molecule has 0 unspecified atom stereocenters. The van der Waals surface area contributed by atoms with Crippen molar-refractivity contribution in [1.29, 1.82) is 0 Å². The van der Waals surface area contributed by atoms with E-state index in [1.807, 2.05) is 19.1 Å². The molecule has 0 aliphatic carbocycles. The van der Waals surface area contributed by atoms with Gasteiger partial charge in [0.25, 0.3) is 5.56 Å². The van der Waals surface area contributed by atoms with E-state index in [4.69, 9.17) is 0 Å². The quantitative estimate of drug-likeness (QED) is 0.679. The number of pyridine rings is 1. The highest BCUT2D eigenvalue weighted by molar-refractivity contribution is 5.31. The summed E-state index contributed by atoms with van der Waals surface area (Å²) in [5, 5.41) is 8.56. The van der Waals surface area contributed by atoms with Crippen molar-refractivity contribution in [1.82, 2.24) is 20.2 Å². The summed E-state index contributed by atoms with van der Waals surface area (Å²) in [6, 6.07) is 3.76. The lowest BCUT2D eigenvalue weighted by Gasteiger charge is -2.05. The second-order valence-electron chi connectivity index (χ2n) is 3.48. The summed E-state index contributed by atoms with van der Waals surface area (Å²) < 4.78 is 0. The Labute approximate surface area is 95.9 Å². The van der Waals surface area contributed by atoms with Gasteiger partial charge in [-0.05, 0) is 18.6 Å². The molecule has 0 fully saturated rings. The maximum Gasteiger partial charge on any atom is 0.342 e. The number of aromatic nitrogens is 4. The van der Waals surface area contributed by atoms with E-state index >= 15 is 0 Å². The Hall–Kier alpha value is -2.44. The van der Waals surface area contributed by atoms with E-state index in [0.29, 0.717) is 6.54 Å². The Kier molecular flexibility index (Phi) is 2.99. The van der Waals surface area contributed by atoms with Crippen molar-refractivity contribution in [2.75, 3.05) is 5.32 Å². The van der Waals surface area contributed by atoms with Crippen LogP contribution >= 0.6 is 0 Å². The lowest BCUT2D eigenvalue weighted by atomic mass is 10.2. The standard InChI is InChI=1S/C10H11N5O2/c1-6-3-2-4-11-7(6)5-12-8-9(16)13-10(17)15-14-8/h2-4H,5H2,1H3,(H,12,14)(H2,13,15,16,17). The van der Waals surface area contributed by atoms with Gasteiger partial charge in [0.15, 0.2) is 0 Å². The first-order valence-electron chi connectivity index (χ1n) is 5.00. The van der Waals surface area contributed by atoms with Gasteiger partial charge in [-0.3, -0.25) is 14.8 Å². The summed E-state index contributed by atoms with van der Waals surface area (Å²) >= 11 is 0. The molecular weight excluding hydrogens is 222 g/mol. The Morgan fingerprint density at radius 3 is 2.94 bits per heavy atom. The minimum atomic E-state index is -0.630. The molecule has 88 valence electrons. The number of nitrogens with zero attached hydrogens (tertiary/aromatic N) is 2. The van der Waals surface area contributed by atoms with Gasteiger partial charge in [0.2, 0.25) is 5.82 Å². The van der Waals surface area contributed by atoms with Crippen molar-refractivity contribution >= 4 is 5.82 Å². The van der Waals surface area contributed by atoms with E-state index in [0.717, 1.165) is 11.3 Å². The van der Waals surface area contributed by atoms with Gasteiger partial charge in [-0.15, -0.1) is 5.10 Å². The van der Waals surface area contributed by atoms with Crippen molar-refractivity contribution in [3.63, 3.8) is 0 Å². The average Bonchev–Trinajstić information content (AvgIpc) is 2.30. The van der Waals surface area contributed by atoms with Crippen molar-refractivity contribution < 1.29 is 0 Å². The number of hydrogen-bond donors (Lipinski definition) is 3. The number of hydrogen-bond acceptors (Lipinski definition) is 5. The first-order chi connectivity index (χ1) is 8.16. The van der Waals surface area contributed by atoms with Crippen molar-refractivity contribution in [3.8, 4) is 0 Å². The van der Waals surface area contributed by atoms with Gasteiger partial charge in [0.1, 0.15) is 0 Å². The van der Waals surface area contributed by atoms with Gasteiger partial charge >= 0.3 is 5.69 Å². The van der Waals surface area contributed by atoms with Crippen LogP contribution in [0.2, 0.25) is 0 Å². The van der Waals surface area contributed by atoms with Gasteiger partial charge in [0, 0.05) is 6.20 Å². The number of anilines is 1. The molecule has 3 N–H and O–H groups in total. The van der Waals surface area contributed by atoms with Crippen LogP contribution in [-0.4, -0.2) is 20.2 Å². The van der Waals surface area contributed by atoms with Gasteiger partial charge < -0.3 is 5.32 Å².